The first-order valence-electron chi connectivity index (χ1n) is 3.93. The van der Waals surface area contributed by atoms with Crippen molar-refractivity contribution in [3.8, 4) is 11.7 Å². The van der Waals surface area contributed by atoms with Gasteiger partial charge in [-0.3, -0.25) is 0 Å². The van der Waals surface area contributed by atoms with E-state index in [1.54, 1.807) is 30.3 Å². The number of rotatable bonds is 2. The van der Waals surface area contributed by atoms with Gasteiger partial charge in [-0.2, -0.15) is 0 Å². The largest absolute Gasteiger partial charge is 0.434 e. The van der Waals surface area contributed by atoms with Crippen molar-refractivity contribution in [1.29, 1.82) is 0 Å². The van der Waals surface area contributed by atoms with Crippen LogP contribution in [0.15, 0.2) is 41.0 Å². The minimum atomic E-state index is 0.380. The molecular weight excluding hydrogens is 223 g/mol. The van der Waals surface area contributed by atoms with Crippen molar-refractivity contribution in [1.82, 2.24) is 0 Å². The lowest BCUT2D eigenvalue weighted by atomic mass is 10.3. The Kier molecular flexibility index (Phi) is 2.66. The number of hydrogen-bond donors (Lipinski definition) is 0. The van der Waals surface area contributed by atoms with Crippen molar-refractivity contribution in [2.45, 2.75) is 0 Å². The highest BCUT2D eigenvalue weighted by molar-refractivity contribution is 6.42. The molecule has 4 heteroatoms. The van der Waals surface area contributed by atoms with Crippen LogP contribution in [0, 0.1) is 0 Å². The quantitative estimate of drug-likeness (QED) is 0.762. The summed E-state index contributed by atoms with van der Waals surface area (Å²) in [7, 11) is 0. The number of benzene rings is 1. The summed E-state index contributed by atoms with van der Waals surface area (Å²) < 4.78 is 10.4. The van der Waals surface area contributed by atoms with Gasteiger partial charge >= 0.3 is 0 Å². The molecule has 0 radical (unpaired) electrons. The maximum Gasteiger partial charge on any atom is 0.289 e. The number of ether oxygens (including phenoxy) is 1. The zero-order valence-corrected chi connectivity index (χ0v) is 8.55. The summed E-state index contributed by atoms with van der Waals surface area (Å²) in [5.74, 6) is 0.864. The van der Waals surface area contributed by atoms with E-state index in [9.17, 15) is 0 Å². The highest BCUT2D eigenvalue weighted by Crippen LogP contribution is 2.34. The highest BCUT2D eigenvalue weighted by atomic mass is 35.5. The van der Waals surface area contributed by atoms with Gasteiger partial charge in [-0.05, 0) is 18.2 Å². The van der Waals surface area contributed by atoms with Crippen molar-refractivity contribution in [2.24, 2.45) is 0 Å². The van der Waals surface area contributed by atoms with Crippen molar-refractivity contribution in [2.75, 3.05) is 0 Å². The summed E-state index contributed by atoms with van der Waals surface area (Å²) in [6.07, 6.45) is 1.52. The predicted molar refractivity (Wildman–Crippen MR) is 55.2 cm³/mol. The van der Waals surface area contributed by atoms with Gasteiger partial charge in [0.2, 0.25) is 0 Å². The van der Waals surface area contributed by atoms with Gasteiger partial charge in [-0.25, -0.2) is 0 Å². The van der Waals surface area contributed by atoms with Gasteiger partial charge in [0.1, 0.15) is 5.02 Å². The van der Waals surface area contributed by atoms with E-state index < -0.39 is 0 Å². The molecule has 0 spiro atoms. The highest BCUT2D eigenvalue weighted by Gasteiger charge is 2.07. The molecule has 0 fully saturated rings. The lowest BCUT2D eigenvalue weighted by Gasteiger charge is -2.04. The lowest BCUT2D eigenvalue weighted by molar-refractivity contribution is 0.347. The van der Waals surface area contributed by atoms with E-state index in [1.165, 1.54) is 6.26 Å². The zero-order valence-electron chi connectivity index (χ0n) is 7.04. The molecule has 0 unspecified atom stereocenters. The molecular formula is C10H6Cl2O2. The number of halogens is 2. The van der Waals surface area contributed by atoms with Gasteiger partial charge in [0.15, 0.2) is 5.75 Å². The van der Waals surface area contributed by atoms with Gasteiger partial charge in [0.05, 0.1) is 11.3 Å². The van der Waals surface area contributed by atoms with E-state index in [1.807, 2.05) is 0 Å². The molecule has 1 heterocycles. The molecule has 0 amide bonds. The summed E-state index contributed by atoms with van der Waals surface area (Å²) in [4.78, 5) is 0. The molecule has 2 nitrogen and oxygen atoms in total. The molecule has 14 heavy (non-hydrogen) atoms. The molecule has 0 N–H and O–H groups in total. The first-order valence-corrected chi connectivity index (χ1v) is 4.68. The minimum Gasteiger partial charge on any atom is -0.434 e. The maximum absolute atomic E-state index is 5.91. The van der Waals surface area contributed by atoms with Crippen LogP contribution in [0.25, 0.3) is 0 Å². The Morgan fingerprint density at radius 1 is 1.07 bits per heavy atom. The van der Waals surface area contributed by atoms with Crippen LogP contribution >= 0.6 is 23.2 Å². The molecule has 1 aromatic carbocycles. The molecule has 2 aromatic rings. The van der Waals surface area contributed by atoms with Crippen LogP contribution < -0.4 is 4.74 Å². The topological polar surface area (TPSA) is 22.4 Å². The average molecular weight is 229 g/mol. The van der Waals surface area contributed by atoms with Crippen LogP contribution in [0.2, 0.25) is 10.0 Å². The fourth-order valence-electron chi connectivity index (χ4n) is 0.993. The SMILES string of the molecule is Clc1cccc(Oc2ccco2)c1Cl. The molecule has 1 aromatic heterocycles. The Balaban J connectivity index is 2.29. The molecule has 0 aliphatic rings. The Morgan fingerprint density at radius 3 is 2.64 bits per heavy atom. The predicted octanol–water partition coefficient (Wildman–Crippen LogP) is 4.38. The van der Waals surface area contributed by atoms with Crippen LogP contribution in [0.4, 0.5) is 0 Å². The van der Waals surface area contributed by atoms with Gasteiger partial charge in [0.25, 0.3) is 5.95 Å². The third-order valence-electron chi connectivity index (χ3n) is 1.62. The smallest absolute Gasteiger partial charge is 0.289 e. The lowest BCUT2D eigenvalue weighted by Crippen LogP contribution is -1.83. The minimum absolute atomic E-state index is 0.380. The molecule has 0 saturated heterocycles. The van der Waals surface area contributed by atoms with Crippen LogP contribution in [0.1, 0.15) is 0 Å². The Hall–Kier alpha value is -1.12. The second-order valence-electron chi connectivity index (χ2n) is 2.59. The number of furan rings is 1. The van der Waals surface area contributed by atoms with E-state index in [2.05, 4.69) is 0 Å². The monoisotopic (exact) mass is 228 g/mol. The van der Waals surface area contributed by atoms with E-state index >= 15 is 0 Å². The van der Waals surface area contributed by atoms with Crippen LogP contribution in [0.3, 0.4) is 0 Å². The summed E-state index contributed by atoms with van der Waals surface area (Å²) in [5.41, 5.74) is 0. The summed E-state index contributed by atoms with van der Waals surface area (Å²) in [6.45, 7) is 0. The molecule has 0 aliphatic carbocycles. The molecule has 2 rings (SSSR count). The zero-order chi connectivity index (χ0) is 9.97. The second kappa shape index (κ2) is 3.95. The third kappa shape index (κ3) is 1.86. The molecule has 0 aliphatic heterocycles. The maximum atomic E-state index is 5.91. The molecule has 72 valence electrons. The van der Waals surface area contributed by atoms with Crippen molar-refractivity contribution in [3.63, 3.8) is 0 Å². The van der Waals surface area contributed by atoms with Gasteiger partial charge < -0.3 is 9.15 Å². The van der Waals surface area contributed by atoms with Gasteiger partial charge in [-0.15, -0.1) is 0 Å². The van der Waals surface area contributed by atoms with Crippen molar-refractivity contribution < 1.29 is 9.15 Å². The number of hydrogen-bond acceptors (Lipinski definition) is 2. The van der Waals surface area contributed by atoms with Gasteiger partial charge in [0, 0.05) is 6.07 Å². The molecule has 0 atom stereocenters. The summed E-state index contributed by atoms with van der Waals surface area (Å²) in [5, 5.41) is 0.835. The molecule has 0 saturated carbocycles. The van der Waals surface area contributed by atoms with E-state index in [0.29, 0.717) is 21.7 Å². The Bertz CT molecular complexity index is 424. The summed E-state index contributed by atoms with van der Waals surface area (Å²) in [6, 6.07) is 8.59. The van der Waals surface area contributed by atoms with E-state index in [4.69, 9.17) is 32.4 Å². The van der Waals surface area contributed by atoms with Crippen LogP contribution in [-0.4, -0.2) is 0 Å². The van der Waals surface area contributed by atoms with Crippen LogP contribution in [0.5, 0.6) is 11.7 Å². The van der Waals surface area contributed by atoms with Gasteiger partial charge in [-0.1, -0.05) is 29.3 Å². The van der Waals surface area contributed by atoms with Crippen molar-refractivity contribution in [3.05, 3.63) is 46.6 Å². The first kappa shape index (κ1) is 9.44. The normalized spacial score (nSPS) is 10.1. The standard InChI is InChI=1S/C10H6Cl2O2/c11-7-3-1-4-8(10(7)12)14-9-5-2-6-13-9/h1-6H. The Morgan fingerprint density at radius 2 is 1.93 bits per heavy atom. The second-order valence-corrected chi connectivity index (χ2v) is 3.37. The van der Waals surface area contributed by atoms with Crippen molar-refractivity contribution >= 4 is 23.2 Å². The first-order chi connectivity index (χ1) is 6.77. The van der Waals surface area contributed by atoms with Crippen LogP contribution in [-0.2, 0) is 0 Å². The Labute approximate surface area is 91.0 Å². The fourth-order valence-corrected chi connectivity index (χ4v) is 1.32. The van der Waals surface area contributed by atoms with E-state index in [0.717, 1.165) is 0 Å². The average Bonchev–Trinajstić information content (AvgIpc) is 2.66. The summed E-state index contributed by atoms with van der Waals surface area (Å²) >= 11 is 11.7. The molecule has 0 bridgehead atoms. The fraction of sp³-hybridized carbons (Fsp3) is 0. The van der Waals surface area contributed by atoms with E-state index in [-0.39, 0.29) is 0 Å². The third-order valence-corrected chi connectivity index (χ3v) is 2.42.